The first-order valence-electron chi connectivity index (χ1n) is 7.18. The van der Waals surface area contributed by atoms with E-state index in [9.17, 15) is 5.11 Å². The number of rotatable bonds is 7. The molecule has 1 aromatic carbocycles. The number of halogens is 2. The fraction of sp³-hybridized carbons (Fsp3) is 0.625. The molecule has 1 aromatic rings. The summed E-state index contributed by atoms with van der Waals surface area (Å²) in [6.45, 7) is 10.8. The molecule has 0 saturated carbocycles. The van der Waals surface area contributed by atoms with Crippen molar-refractivity contribution in [1.82, 2.24) is 4.90 Å². The number of nitrogens with zero attached hydrogens (tertiary/aromatic N) is 1. The summed E-state index contributed by atoms with van der Waals surface area (Å²) in [5.74, 6) is 0.630. The Morgan fingerprint density at radius 2 is 1.90 bits per heavy atom. The third-order valence-electron chi connectivity index (χ3n) is 3.34. The molecule has 1 unspecified atom stereocenters. The highest BCUT2D eigenvalue weighted by atomic mass is 79.9. The van der Waals surface area contributed by atoms with Crippen LogP contribution in [0.4, 0.5) is 0 Å². The van der Waals surface area contributed by atoms with Gasteiger partial charge in [0.1, 0.15) is 0 Å². The second-order valence-corrected chi connectivity index (χ2v) is 7.28. The Morgan fingerprint density at radius 3 is 2.40 bits per heavy atom. The minimum Gasteiger partial charge on any atom is -0.388 e. The van der Waals surface area contributed by atoms with Gasteiger partial charge in [-0.25, -0.2) is 0 Å². The van der Waals surface area contributed by atoms with E-state index in [1.54, 1.807) is 0 Å². The molecule has 1 atom stereocenters. The minimum atomic E-state index is -0.510. The number of benzene rings is 1. The highest BCUT2D eigenvalue weighted by Gasteiger charge is 2.16. The molecular formula is C16H25BrClNO. The first kappa shape index (κ1) is 18.0. The number of aliphatic hydroxyl groups is 1. The van der Waals surface area contributed by atoms with E-state index in [1.807, 2.05) is 18.2 Å². The third kappa shape index (κ3) is 5.72. The van der Waals surface area contributed by atoms with Crippen molar-refractivity contribution < 1.29 is 5.11 Å². The van der Waals surface area contributed by atoms with Crippen molar-refractivity contribution in [2.45, 2.75) is 46.3 Å². The molecule has 20 heavy (non-hydrogen) atoms. The van der Waals surface area contributed by atoms with E-state index in [0.717, 1.165) is 23.1 Å². The van der Waals surface area contributed by atoms with Crippen LogP contribution >= 0.6 is 27.5 Å². The SMILES string of the molecule is CC(C)CN(CCC(O)c1ccc(Br)cc1Cl)C(C)C. The quantitative estimate of drug-likeness (QED) is 0.746. The van der Waals surface area contributed by atoms with Crippen molar-refractivity contribution in [2.24, 2.45) is 5.92 Å². The van der Waals surface area contributed by atoms with Gasteiger partial charge in [0.25, 0.3) is 0 Å². The smallest absolute Gasteiger partial charge is 0.0816 e. The van der Waals surface area contributed by atoms with Crippen LogP contribution in [0.5, 0.6) is 0 Å². The lowest BCUT2D eigenvalue weighted by molar-refractivity contribution is 0.123. The summed E-state index contributed by atoms with van der Waals surface area (Å²) >= 11 is 9.56. The Hall–Kier alpha value is -0.0900. The standard InChI is InChI=1S/C16H25BrClNO/c1-11(2)10-19(12(3)4)8-7-16(20)14-6-5-13(17)9-15(14)18/h5-6,9,11-12,16,20H,7-8,10H2,1-4H3. The highest BCUT2D eigenvalue weighted by Crippen LogP contribution is 2.28. The lowest BCUT2D eigenvalue weighted by Crippen LogP contribution is -2.35. The average molecular weight is 363 g/mol. The van der Waals surface area contributed by atoms with E-state index >= 15 is 0 Å². The van der Waals surface area contributed by atoms with E-state index < -0.39 is 6.10 Å². The van der Waals surface area contributed by atoms with Crippen LogP contribution in [0.25, 0.3) is 0 Å². The van der Waals surface area contributed by atoms with Gasteiger partial charge in [0.05, 0.1) is 6.10 Å². The highest BCUT2D eigenvalue weighted by molar-refractivity contribution is 9.10. The number of aliphatic hydroxyl groups excluding tert-OH is 1. The predicted molar refractivity (Wildman–Crippen MR) is 90.3 cm³/mol. The maximum atomic E-state index is 10.3. The van der Waals surface area contributed by atoms with Crippen molar-refractivity contribution in [3.05, 3.63) is 33.3 Å². The van der Waals surface area contributed by atoms with Crippen LogP contribution in [-0.4, -0.2) is 29.1 Å². The van der Waals surface area contributed by atoms with Crippen molar-refractivity contribution in [3.63, 3.8) is 0 Å². The molecule has 1 rings (SSSR count). The Labute approximate surface area is 136 Å². The van der Waals surface area contributed by atoms with Crippen LogP contribution < -0.4 is 0 Å². The predicted octanol–water partition coefficient (Wildman–Crippen LogP) is 4.89. The number of hydrogen-bond acceptors (Lipinski definition) is 2. The second-order valence-electron chi connectivity index (χ2n) is 5.95. The van der Waals surface area contributed by atoms with E-state index in [-0.39, 0.29) is 0 Å². The molecule has 2 nitrogen and oxygen atoms in total. The van der Waals surface area contributed by atoms with Crippen LogP contribution in [0.15, 0.2) is 22.7 Å². The lowest BCUT2D eigenvalue weighted by atomic mass is 10.1. The molecule has 0 heterocycles. The van der Waals surface area contributed by atoms with Gasteiger partial charge in [-0.15, -0.1) is 0 Å². The maximum absolute atomic E-state index is 10.3. The van der Waals surface area contributed by atoms with E-state index in [4.69, 9.17) is 11.6 Å². The normalized spacial score (nSPS) is 13.5. The first-order valence-corrected chi connectivity index (χ1v) is 8.35. The molecule has 0 saturated heterocycles. The van der Waals surface area contributed by atoms with Crippen LogP contribution in [0.2, 0.25) is 5.02 Å². The van der Waals surface area contributed by atoms with Gasteiger partial charge in [-0.05, 0) is 43.9 Å². The van der Waals surface area contributed by atoms with Gasteiger partial charge in [0, 0.05) is 28.6 Å². The summed E-state index contributed by atoms with van der Waals surface area (Å²) in [5.41, 5.74) is 0.808. The molecule has 0 fully saturated rings. The molecule has 0 amide bonds. The zero-order valence-corrected chi connectivity index (χ0v) is 15.1. The van der Waals surface area contributed by atoms with E-state index in [0.29, 0.717) is 23.4 Å². The van der Waals surface area contributed by atoms with Gasteiger partial charge in [-0.2, -0.15) is 0 Å². The maximum Gasteiger partial charge on any atom is 0.0816 e. The van der Waals surface area contributed by atoms with Gasteiger partial charge < -0.3 is 10.0 Å². The Bertz CT molecular complexity index is 423. The molecule has 0 aliphatic carbocycles. The molecule has 0 spiro atoms. The Kier molecular flexibility index (Phi) is 7.52. The van der Waals surface area contributed by atoms with Crippen molar-refractivity contribution in [1.29, 1.82) is 0 Å². The summed E-state index contributed by atoms with van der Waals surface area (Å²) in [5, 5.41) is 10.9. The van der Waals surface area contributed by atoms with Gasteiger partial charge in [-0.3, -0.25) is 0 Å². The fourth-order valence-electron chi connectivity index (χ4n) is 2.24. The van der Waals surface area contributed by atoms with Crippen molar-refractivity contribution in [2.75, 3.05) is 13.1 Å². The Morgan fingerprint density at radius 1 is 1.25 bits per heavy atom. The third-order valence-corrected chi connectivity index (χ3v) is 4.16. The van der Waals surface area contributed by atoms with Crippen LogP contribution in [0.1, 0.15) is 45.8 Å². The fourth-order valence-corrected chi connectivity index (χ4v) is 3.04. The zero-order chi connectivity index (χ0) is 15.3. The lowest BCUT2D eigenvalue weighted by Gasteiger charge is -2.29. The van der Waals surface area contributed by atoms with Crippen LogP contribution in [0, 0.1) is 5.92 Å². The molecule has 0 aliphatic rings. The second kappa shape index (κ2) is 8.38. The first-order chi connectivity index (χ1) is 9.31. The molecule has 4 heteroatoms. The largest absolute Gasteiger partial charge is 0.388 e. The monoisotopic (exact) mass is 361 g/mol. The van der Waals surface area contributed by atoms with Crippen LogP contribution in [-0.2, 0) is 0 Å². The molecule has 0 aromatic heterocycles. The molecule has 0 aliphatic heterocycles. The molecule has 0 bridgehead atoms. The van der Waals surface area contributed by atoms with Crippen molar-refractivity contribution >= 4 is 27.5 Å². The summed E-state index contributed by atoms with van der Waals surface area (Å²) in [6.07, 6.45) is 0.190. The average Bonchev–Trinajstić information content (AvgIpc) is 2.33. The van der Waals surface area contributed by atoms with Crippen molar-refractivity contribution in [3.8, 4) is 0 Å². The van der Waals surface area contributed by atoms with Gasteiger partial charge in [0.15, 0.2) is 0 Å². The summed E-state index contributed by atoms with van der Waals surface area (Å²) in [6, 6.07) is 6.12. The summed E-state index contributed by atoms with van der Waals surface area (Å²) < 4.78 is 0.932. The molecule has 1 N–H and O–H groups in total. The summed E-state index contributed by atoms with van der Waals surface area (Å²) in [4.78, 5) is 2.40. The topological polar surface area (TPSA) is 23.5 Å². The van der Waals surface area contributed by atoms with Crippen LogP contribution in [0.3, 0.4) is 0 Å². The molecular weight excluding hydrogens is 338 g/mol. The van der Waals surface area contributed by atoms with Gasteiger partial charge >= 0.3 is 0 Å². The molecule has 114 valence electrons. The Balaban J connectivity index is 2.62. The van der Waals surface area contributed by atoms with E-state index in [2.05, 4.69) is 48.5 Å². The zero-order valence-electron chi connectivity index (χ0n) is 12.7. The number of hydrogen-bond donors (Lipinski definition) is 1. The summed E-state index contributed by atoms with van der Waals surface area (Å²) in [7, 11) is 0. The van der Waals surface area contributed by atoms with Gasteiger partial charge in [-0.1, -0.05) is 47.4 Å². The molecule has 0 radical (unpaired) electrons. The van der Waals surface area contributed by atoms with Gasteiger partial charge in [0.2, 0.25) is 0 Å². The van der Waals surface area contributed by atoms with E-state index in [1.165, 1.54) is 0 Å². The minimum absolute atomic E-state index is 0.491.